The van der Waals surface area contributed by atoms with E-state index in [1.165, 1.54) is 0 Å². The molecule has 0 saturated carbocycles. The molecule has 2 aromatic heterocycles. The van der Waals surface area contributed by atoms with Gasteiger partial charge in [-0.05, 0) is 41.8 Å². The van der Waals surface area contributed by atoms with Crippen molar-refractivity contribution >= 4 is 17.5 Å². The molecule has 0 radical (unpaired) electrons. The van der Waals surface area contributed by atoms with Crippen LogP contribution in [0.1, 0.15) is 6.42 Å². The summed E-state index contributed by atoms with van der Waals surface area (Å²) in [5, 5.41) is 14.7. The molecular formula is C17H18N6O. The molecule has 7 nitrogen and oxygen atoms in total. The molecule has 1 aliphatic rings. The fraction of sp³-hybridized carbons (Fsp3) is 0.294. The van der Waals surface area contributed by atoms with Gasteiger partial charge in [0.15, 0.2) is 6.19 Å². The van der Waals surface area contributed by atoms with E-state index < -0.39 is 0 Å². The molecule has 0 spiro atoms. The third kappa shape index (κ3) is 3.43. The Morgan fingerprint density at radius 1 is 1.25 bits per heavy atom. The number of pyridine rings is 2. The first kappa shape index (κ1) is 15.7. The van der Waals surface area contributed by atoms with E-state index >= 15 is 0 Å². The van der Waals surface area contributed by atoms with Gasteiger partial charge in [-0.3, -0.25) is 4.79 Å². The van der Waals surface area contributed by atoms with Gasteiger partial charge in [-0.15, -0.1) is 0 Å². The molecule has 24 heavy (non-hydrogen) atoms. The largest absolute Gasteiger partial charge is 0.373 e. The lowest BCUT2D eigenvalue weighted by Gasteiger charge is -2.11. The molecule has 2 N–H and O–H groups in total. The fourth-order valence-electron chi connectivity index (χ4n) is 2.72. The van der Waals surface area contributed by atoms with E-state index in [0.29, 0.717) is 25.3 Å². The van der Waals surface area contributed by atoms with E-state index in [-0.39, 0.29) is 11.8 Å². The van der Waals surface area contributed by atoms with Gasteiger partial charge in [0.25, 0.3) is 0 Å². The van der Waals surface area contributed by atoms with Crippen molar-refractivity contribution in [2.24, 2.45) is 5.92 Å². The molecule has 1 fully saturated rings. The third-order valence-electron chi connectivity index (χ3n) is 4.06. The summed E-state index contributed by atoms with van der Waals surface area (Å²) in [6, 6.07) is 7.56. The monoisotopic (exact) mass is 322 g/mol. The first-order chi connectivity index (χ1) is 11.7. The van der Waals surface area contributed by atoms with E-state index in [1.807, 2.05) is 31.3 Å². The molecule has 1 amide bonds. The normalized spacial score (nSPS) is 16.5. The SMILES string of the molecule is CNc1cc(-c2ccnc(NC(=O)[C@H]3CCN(C#N)C3)c2)ccn1. The maximum Gasteiger partial charge on any atom is 0.230 e. The summed E-state index contributed by atoms with van der Waals surface area (Å²) in [6.45, 7) is 1.10. The average Bonchev–Trinajstić information content (AvgIpc) is 3.11. The summed E-state index contributed by atoms with van der Waals surface area (Å²) < 4.78 is 0. The number of hydrogen-bond donors (Lipinski definition) is 2. The zero-order chi connectivity index (χ0) is 16.9. The van der Waals surface area contributed by atoms with Crippen LogP contribution in [-0.2, 0) is 4.79 Å². The van der Waals surface area contributed by atoms with Gasteiger partial charge in [-0.1, -0.05) is 0 Å². The Bertz CT molecular complexity index is 785. The van der Waals surface area contributed by atoms with Crippen molar-refractivity contribution < 1.29 is 4.79 Å². The van der Waals surface area contributed by atoms with Gasteiger partial charge >= 0.3 is 0 Å². The second-order valence-electron chi connectivity index (χ2n) is 5.63. The lowest BCUT2D eigenvalue weighted by Crippen LogP contribution is -2.25. The lowest BCUT2D eigenvalue weighted by molar-refractivity contribution is -0.119. The number of nitrogens with one attached hydrogen (secondary N) is 2. The van der Waals surface area contributed by atoms with E-state index in [0.717, 1.165) is 16.9 Å². The number of nitriles is 1. The van der Waals surface area contributed by atoms with Crippen LogP contribution in [-0.4, -0.2) is 40.9 Å². The summed E-state index contributed by atoms with van der Waals surface area (Å²) in [4.78, 5) is 22.3. The van der Waals surface area contributed by atoms with E-state index in [1.54, 1.807) is 17.3 Å². The summed E-state index contributed by atoms with van der Waals surface area (Å²) in [6.07, 6.45) is 6.17. The number of nitrogens with zero attached hydrogens (tertiary/aromatic N) is 4. The van der Waals surface area contributed by atoms with E-state index in [2.05, 4.69) is 26.8 Å². The number of anilines is 2. The van der Waals surface area contributed by atoms with Crippen LogP contribution in [0.15, 0.2) is 36.7 Å². The van der Waals surface area contributed by atoms with Gasteiger partial charge in [0.1, 0.15) is 11.6 Å². The second kappa shape index (κ2) is 6.96. The Kier molecular flexibility index (Phi) is 4.57. The van der Waals surface area contributed by atoms with Crippen molar-refractivity contribution in [1.82, 2.24) is 14.9 Å². The first-order valence-corrected chi connectivity index (χ1v) is 7.75. The van der Waals surface area contributed by atoms with Gasteiger partial charge < -0.3 is 15.5 Å². The number of hydrogen-bond acceptors (Lipinski definition) is 6. The second-order valence-corrected chi connectivity index (χ2v) is 5.63. The molecule has 2 aromatic rings. The Morgan fingerprint density at radius 3 is 2.54 bits per heavy atom. The molecule has 3 heterocycles. The molecule has 0 aromatic carbocycles. The third-order valence-corrected chi connectivity index (χ3v) is 4.06. The van der Waals surface area contributed by atoms with Crippen LogP contribution < -0.4 is 10.6 Å². The van der Waals surface area contributed by atoms with Crippen molar-refractivity contribution in [2.75, 3.05) is 30.8 Å². The van der Waals surface area contributed by atoms with E-state index in [4.69, 9.17) is 5.26 Å². The molecule has 1 atom stereocenters. The highest BCUT2D eigenvalue weighted by molar-refractivity contribution is 5.92. The Labute approximate surface area is 140 Å². The minimum atomic E-state index is -0.174. The first-order valence-electron chi connectivity index (χ1n) is 7.75. The molecule has 0 unspecified atom stereocenters. The topological polar surface area (TPSA) is 93.9 Å². The van der Waals surface area contributed by atoms with Gasteiger partial charge in [0, 0.05) is 32.5 Å². The van der Waals surface area contributed by atoms with Gasteiger partial charge in [0.05, 0.1) is 5.92 Å². The van der Waals surface area contributed by atoms with Crippen molar-refractivity contribution in [2.45, 2.75) is 6.42 Å². The smallest absolute Gasteiger partial charge is 0.230 e. The molecular weight excluding hydrogens is 304 g/mol. The standard InChI is InChI=1S/C17H18N6O/c1-19-15-8-12(2-5-20-15)13-3-6-21-16(9-13)22-17(24)14-4-7-23(10-14)11-18/h2-3,5-6,8-9,14H,4,7,10H2,1H3,(H,19,20)(H,21,22,24)/t14-/m0/s1. The highest BCUT2D eigenvalue weighted by atomic mass is 16.2. The molecule has 3 rings (SSSR count). The van der Waals surface area contributed by atoms with Crippen LogP contribution in [0, 0.1) is 17.4 Å². The number of aromatic nitrogens is 2. The highest BCUT2D eigenvalue weighted by Gasteiger charge is 2.27. The van der Waals surface area contributed by atoms with Gasteiger partial charge in [-0.2, -0.15) is 5.26 Å². The predicted octanol–water partition coefficient (Wildman–Crippen LogP) is 1.93. The number of amides is 1. The van der Waals surface area contributed by atoms with Crippen LogP contribution in [0.2, 0.25) is 0 Å². The van der Waals surface area contributed by atoms with Crippen LogP contribution in [0.5, 0.6) is 0 Å². The van der Waals surface area contributed by atoms with E-state index in [9.17, 15) is 4.79 Å². The zero-order valence-corrected chi connectivity index (χ0v) is 13.4. The maximum absolute atomic E-state index is 12.3. The minimum absolute atomic E-state index is 0.0944. The van der Waals surface area contributed by atoms with Gasteiger partial charge in [0.2, 0.25) is 5.91 Å². The number of rotatable bonds is 4. The Morgan fingerprint density at radius 2 is 1.92 bits per heavy atom. The molecule has 1 saturated heterocycles. The molecule has 7 heteroatoms. The molecule has 0 bridgehead atoms. The minimum Gasteiger partial charge on any atom is -0.373 e. The summed E-state index contributed by atoms with van der Waals surface area (Å²) in [5.41, 5.74) is 1.94. The predicted molar refractivity (Wildman–Crippen MR) is 90.9 cm³/mol. The zero-order valence-electron chi connectivity index (χ0n) is 13.4. The lowest BCUT2D eigenvalue weighted by atomic mass is 10.1. The summed E-state index contributed by atoms with van der Waals surface area (Å²) >= 11 is 0. The number of carbonyl (C=O) groups excluding carboxylic acids is 1. The average molecular weight is 322 g/mol. The maximum atomic E-state index is 12.3. The fourth-order valence-corrected chi connectivity index (χ4v) is 2.72. The molecule has 122 valence electrons. The van der Waals surface area contributed by atoms with Gasteiger partial charge in [-0.25, -0.2) is 9.97 Å². The van der Waals surface area contributed by atoms with Crippen molar-refractivity contribution in [3.63, 3.8) is 0 Å². The van der Waals surface area contributed by atoms with Crippen LogP contribution in [0.25, 0.3) is 11.1 Å². The summed E-state index contributed by atoms with van der Waals surface area (Å²) in [5.74, 6) is 1.02. The Hall–Kier alpha value is -3.14. The van der Waals surface area contributed by atoms with Crippen molar-refractivity contribution in [3.8, 4) is 17.3 Å². The number of likely N-dealkylation sites (tertiary alicyclic amines) is 1. The highest BCUT2D eigenvalue weighted by Crippen LogP contribution is 2.23. The van der Waals surface area contributed by atoms with Crippen LogP contribution >= 0.6 is 0 Å². The number of carbonyl (C=O) groups is 1. The van der Waals surface area contributed by atoms with Crippen molar-refractivity contribution in [1.29, 1.82) is 5.26 Å². The summed E-state index contributed by atoms with van der Waals surface area (Å²) in [7, 11) is 1.82. The molecule has 0 aliphatic carbocycles. The Balaban J connectivity index is 1.74. The van der Waals surface area contributed by atoms with Crippen molar-refractivity contribution in [3.05, 3.63) is 36.7 Å². The quantitative estimate of drug-likeness (QED) is 0.835. The molecule has 1 aliphatic heterocycles. The van der Waals surface area contributed by atoms with Crippen LogP contribution in [0.3, 0.4) is 0 Å². The van der Waals surface area contributed by atoms with Crippen LogP contribution in [0.4, 0.5) is 11.6 Å².